The molecule has 0 unspecified atom stereocenters. The summed E-state index contributed by atoms with van der Waals surface area (Å²) in [5.41, 5.74) is -0.401. The molecule has 31 heavy (non-hydrogen) atoms. The van der Waals surface area contributed by atoms with Gasteiger partial charge in [0.05, 0.1) is 16.1 Å². The van der Waals surface area contributed by atoms with Crippen molar-refractivity contribution in [1.29, 1.82) is 0 Å². The number of rotatable bonds is 6. The highest BCUT2D eigenvalue weighted by atomic mass is 35.5. The maximum Gasteiger partial charge on any atom is 0.350 e. The fourth-order valence-electron chi connectivity index (χ4n) is 2.87. The predicted molar refractivity (Wildman–Crippen MR) is 116 cm³/mol. The molecule has 0 saturated heterocycles. The van der Waals surface area contributed by atoms with E-state index < -0.39 is 28.0 Å². The number of benzene rings is 2. The van der Waals surface area contributed by atoms with Gasteiger partial charge in [0.2, 0.25) is 15.7 Å². The highest BCUT2D eigenvalue weighted by Crippen LogP contribution is 2.35. The molecule has 0 N–H and O–H groups in total. The number of halogens is 1. The van der Waals surface area contributed by atoms with Crippen LogP contribution in [0.1, 0.15) is 26.5 Å². The van der Waals surface area contributed by atoms with Gasteiger partial charge in [-0.2, -0.15) is 5.10 Å². The zero-order valence-corrected chi connectivity index (χ0v) is 19.2. The van der Waals surface area contributed by atoms with Gasteiger partial charge in [-0.1, -0.05) is 29.8 Å². The first kappa shape index (κ1) is 22.8. The minimum Gasteiger partial charge on any atom is -0.482 e. The molecule has 1 heterocycles. The molecular formula is C22H23ClN2O5S. The predicted octanol–water partition coefficient (Wildman–Crippen LogP) is 4.42. The zero-order chi connectivity index (χ0) is 22.8. The Morgan fingerprint density at radius 2 is 1.68 bits per heavy atom. The van der Waals surface area contributed by atoms with E-state index in [0.717, 1.165) is 0 Å². The van der Waals surface area contributed by atoms with E-state index in [1.54, 1.807) is 49.4 Å². The number of carbonyl (C=O) groups excluding carboxylic acids is 1. The van der Waals surface area contributed by atoms with Gasteiger partial charge in [-0.25, -0.2) is 17.9 Å². The molecule has 0 aliphatic carbocycles. The highest BCUT2D eigenvalue weighted by molar-refractivity contribution is 7.91. The molecule has 3 aromatic rings. The second kappa shape index (κ2) is 8.72. The number of carbonyl (C=O) groups is 1. The van der Waals surface area contributed by atoms with E-state index in [-0.39, 0.29) is 21.4 Å². The van der Waals surface area contributed by atoms with Crippen LogP contribution in [0.2, 0.25) is 5.02 Å². The van der Waals surface area contributed by atoms with Crippen LogP contribution in [0.3, 0.4) is 0 Å². The maximum atomic E-state index is 13.3. The maximum absolute atomic E-state index is 13.3. The SMILES string of the molecule is Cc1nn(C(C)(C)C)c(OC(=O)COc2ccc(Cl)cc2)c1S(=O)(=O)c1ccccc1. The molecular weight excluding hydrogens is 440 g/mol. The van der Waals surface area contributed by atoms with Gasteiger partial charge < -0.3 is 9.47 Å². The summed E-state index contributed by atoms with van der Waals surface area (Å²) in [7, 11) is -3.97. The van der Waals surface area contributed by atoms with Gasteiger partial charge in [-0.3, -0.25) is 0 Å². The van der Waals surface area contributed by atoms with Crippen molar-refractivity contribution >= 4 is 27.4 Å². The molecule has 0 aliphatic heterocycles. The largest absolute Gasteiger partial charge is 0.482 e. The molecule has 3 rings (SSSR count). The molecule has 9 heteroatoms. The minimum atomic E-state index is -3.97. The molecule has 0 saturated carbocycles. The lowest BCUT2D eigenvalue weighted by molar-refractivity contribution is -0.137. The lowest BCUT2D eigenvalue weighted by Gasteiger charge is -2.22. The first-order chi connectivity index (χ1) is 14.5. The number of hydrogen-bond donors (Lipinski definition) is 0. The van der Waals surface area contributed by atoms with Crippen molar-refractivity contribution < 1.29 is 22.7 Å². The molecule has 0 aliphatic rings. The van der Waals surface area contributed by atoms with Gasteiger partial charge in [0, 0.05) is 5.02 Å². The van der Waals surface area contributed by atoms with Crippen molar-refractivity contribution in [3.63, 3.8) is 0 Å². The molecule has 164 valence electrons. The Labute approximate surface area is 186 Å². The van der Waals surface area contributed by atoms with E-state index in [1.807, 2.05) is 20.8 Å². The van der Waals surface area contributed by atoms with Gasteiger partial charge in [0.25, 0.3) is 0 Å². The minimum absolute atomic E-state index is 0.0845. The number of aryl methyl sites for hydroxylation is 1. The summed E-state index contributed by atoms with van der Waals surface area (Å²) in [4.78, 5) is 12.5. The second-order valence-corrected chi connectivity index (χ2v) is 10.2. The van der Waals surface area contributed by atoms with E-state index >= 15 is 0 Å². The van der Waals surface area contributed by atoms with Crippen LogP contribution in [0.5, 0.6) is 11.6 Å². The van der Waals surface area contributed by atoms with E-state index in [4.69, 9.17) is 21.1 Å². The van der Waals surface area contributed by atoms with Crippen molar-refractivity contribution in [1.82, 2.24) is 9.78 Å². The average Bonchev–Trinajstić information content (AvgIpc) is 3.05. The van der Waals surface area contributed by atoms with Crippen LogP contribution in [0.4, 0.5) is 0 Å². The van der Waals surface area contributed by atoms with Gasteiger partial charge in [0.1, 0.15) is 5.75 Å². The number of sulfone groups is 1. The van der Waals surface area contributed by atoms with Crippen LogP contribution >= 0.6 is 11.6 Å². The molecule has 7 nitrogen and oxygen atoms in total. The molecule has 0 atom stereocenters. The summed E-state index contributed by atoms with van der Waals surface area (Å²) < 4.78 is 39.0. The average molecular weight is 463 g/mol. The van der Waals surface area contributed by atoms with Gasteiger partial charge >= 0.3 is 5.97 Å². The van der Waals surface area contributed by atoms with E-state index in [9.17, 15) is 13.2 Å². The summed E-state index contributed by atoms with van der Waals surface area (Å²) in [6.07, 6.45) is 0. The third kappa shape index (κ3) is 5.08. The van der Waals surface area contributed by atoms with Crippen LogP contribution < -0.4 is 9.47 Å². The molecule has 0 bridgehead atoms. The Morgan fingerprint density at radius 1 is 1.06 bits per heavy atom. The van der Waals surface area contributed by atoms with E-state index in [2.05, 4.69) is 5.10 Å². The lowest BCUT2D eigenvalue weighted by Crippen LogP contribution is -2.27. The van der Waals surface area contributed by atoms with Crippen molar-refractivity contribution in [2.24, 2.45) is 0 Å². The fraction of sp³-hybridized carbons (Fsp3) is 0.273. The lowest BCUT2D eigenvalue weighted by atomic mass is 10.1. The molecule has 0 spiro atoms. The Kier molecular flexibility index (Phi) is 6.43. The monoisotopic (exact) mass is 462 g/mol. The first-order valence-corrected chi connectivity index (χ1v) is 11.4. The van der Waals surface area contributed by atoms with Crippen molar-refractivity contribution in [2.75, 3.05) is 6.61 Å². The third-order valence-corrected chi connectivity index (χ3v) is 6.46. The molecule has 0 radical (unpaired) electrons. The molecule has 0 amide bonds. The van der Waals surface area contributed by atoms with Crippen molar-refractivity contribution in [3.05, 3.63) is 65.3 Å². The Bertz CT molecular complexity index is 1180. The van der Waals surface area contributed by atoms with Gasteiger partial charge in [-0.05, 0) is 64.1 Å². The summed E-state index contributed by atoms with van der Waals surface area (Å²) in [6.45, 7) is 6.65. The number of nitrogens with zero attached hydrogens (tertiary/aromatic N) is 2. The van der Waals surface area contributed by atoms with Crippen LogP contribution in [-0.4, -0.2) is 30.8 Å². The van der Waals surface area contributed by atoms with Crippen molar-refractivity contribution in [2.45, 2.75) is 43.0 Å². The smallest absolute Gasteiger partial charge is 0.350 e. The Balaban J connectivity index is 1.96. The van der Waals surface area contributed by atoms with E-state index in [0.29, 0.717) is 10.8 Å². The summed E-state index contributed by atoms with van der Waals surface area (Å²) in [5.74, 6) is -0.470. The zero-order valence-electron chi connectivity index (χ0n) is 17.6. The van der Waals surface area contributed by atoms with Crippen molar-refractivity contribution in [3.8, 4) is 11.6 Å². The van der Waals surface area contributed by atoms with Crippen LogP contribution in [-0.2, 0) is 20.2 Å². The second-order valence-electron chi connectivity index (χ2n) is 7.84. The normalized spacial score (nSPS) is 11.9. The van der Waals surface area contributed by atoms with Gasteiger partial charge in [0.15, 0.2) is 11.5 Å². The quantitative estimate of drug-likeness (QED) is 0.504. The highest BCUT2D eigenvalue weighted by Gasteiger charge is 2.34. The number of aromatic nitrogens is 2. The van der Waals surface area contributed by atoms with Crippen LogP contribution in [0.15, 0.2) is 64.4 Å². The summed E-state index contributed by atoms with van der Waals surface area (Å²) in [5, 5.41) is 4.90. The van der Waals surface area contributed by atoms with E-state index in [1.165, 1.54) is 16.8 Å². The third-order valence-electron chi connectivity index (χ3n) is 4.30. The Morgan fingerprint density at radius 3 is 2.26 bits per heavy atom. The molecule has 0 fully saturated rings. The number of ether oxygens (including phenoxy) is 2. The Hall–Kier alpha value is -2.84. The summed E-state index contributed by atoms with van der Waals surface area (Å²) >= 11 is 5.84. The summed E-state index contributed by atoms with van der Waals surface area (Å²) in [6, 6.07) is 14.4. The number of esters is 1. The first-order valence-electron chi connectivity index (χ1n) is 9.49. The topological polar surface area (TPSA) is 87.5 Å². The fourth-order valence-corrected chi connectivity index (χ4v) is 4.54. The molecule has 1 aromatic heterocycles. The van der Waals surface area contributed by atoms with Gasteiger partial charge in [-0.15, -0.1) is 0 Å². The molecule has 2 aromatic carbocycles. The standard InChI is InChI=1S/C22H23ClN2O5S/c1-15-20(31(27,28)18-8-6-5-7-9-18)21(25(24-15)22(2,3)4)30-19(26)14-29-17-12-10-16(23)11-13-17/h5-13H,14H2,1-4H3. The number of hydrogen-bond acceptors (Lipinski definition) is 6. The van der Waals surface area contributed by atoms with Crippen LogP contribution in [0, 0.1) is 6.92 Å². The van der Waals surface area contributed by atoms with Crippen LogP contribution in [0.25, 0.3) is 0 Å².